The number of nitrogens with zero attached hydrogens (tertiary/aromatic N) is 1. The molecule has 2 heterocycles. The van der Waals surface area contributed by atoms with E-state index < -0.39 is 11.5 Å². The topological polar surface area (TPSA) is 57.6 Å². The van der Waals surface area contributed by atoms with Crippen molar-refractivity contribution in [1.82, 2.24) is 4.90 Å². The highest BCUT2D eigenvalue weighted by Gasteiger charge is 2.49. The first-order valence-corrected chi connectivity index (χ1v) is 7.80. The number of aliphatic carboxylic acids is 1. The zero-order valence-corrected chi connectivity index (χ0v) is 12.9. The number of hydrogen-bond acceptors (Lipinski definition) is 3. The van der Waals surface area contributed by atoms with Crippen molar-refractivity contribution in [3.63, 3.8) is 0 Å². The van der Waals surface area contributed by atoms with E-state index in [1.54, 1.807) is 18.3 Å². The molecular weight excluding hydrogens is 286 g/mol. The summed E-state index contributed by atoms with van der Waals surface area (Å²) in [5.41, 5.74) is 1.12. The smallest absolute Gasteiger partial charge is 0.329 e. The lowest BCUT2D eigenvalue weighted by molar-refractivity contribution is -0.168. The molecule has 1 aliphatic rings. The molecule has 0 saturated carbocycles. The van der Waals surface area contributed by atoms with Crippen LogP contribution >= 0.6 is 11.3 Å². The second kappa shape index (κ2) is 4.84. The predicted molar refractivity (Wildman–Crippen MR) is 82.6 cm³/mol. The highest BCUT2D eigenvalue weighted by molar-refractivity contribution is 7.17. The van der Waals surface area contributed by atoms with Gasteiger partial charge in [-0.15, -0.1) is 11.3 Å². The summed E-state index contributed by atoms with van der Waals surface area (Å²) >= 11 is 1.62. The van der Waals surface area contributed by atoms with Gasteiger partial charge in [0.05, 0.1) is 6.42 Å². The van der Waals surface area contributed by atoms with Crippen LogP contribution in [0.25, 0.3) is 10.1 Å². The molecule has 1 saturated heterocycles. The van der Waals surface area contributed by atoms with Crippen LogP contribution in [0.3, 0.4) is 0 Å². The third-order valence-corrected chi connectivity index (χ3v) is 5.34. The molecule has 1 fully saturated rings. The van der Waals surface area contributed by atoms with Gasteiger partial charge in [-0.3, -0.25) is 4.79 Å². The predicted octanol–water partition coefficient (Wildman–Crippen LogP) is 2.83. The van der Waals surface area contributed by atoms with Gasteiger partial charge < -0.3 is 10.0 Å². The highest BCUT2D eigenvalue weighted by atomic mass is 32.1. The molecule has 1 atom stereocenters. The zero-order chi connectivity index (χ0) is 15.2. The van der Waals surface area contributed by atoms with Crippen LogP contribution in [-0.2, 0) is 16.0 Å². The van der Waals surface area contributed by atoms with Crippen LogP contribution in [0.5, 0.6) is 0 Å². The second-order valence-electron chi connectivity index (χ2n) is 5.81. The molecule has 2 aromatic rings. The molecule has 5 heteroatoms. The van der Waals surface area contributed by atoms with Gasteiger partial charge in [0.15, 0.2) is 0 Å². The quantitative estimate of drug-likeness (QED) is 0.948. The number of hydrogen-bond donors (Lipinski definition) is 1. The summed E-state index contributed by atoms with van der Waals surface area (Å²) in [6.07, 6.45) is 0.796. The average Bonchev–Trinajstić information content (AvgIpc) is 2.78. The Kier molecular flexibility index (Phi) is 3.24. The van der Waals surface area contributed by atoms with E-state index in [9.17, 15) is 14.7 Å². The second-order valence-corrected chi connectivity index (χ2v) is 6.72. The van der Waals surface area contributed by atoms with Gasteiger partial charge in [0.1, 0.15) is 5.54 Å². The van der Waals surface area contributed by atoms with Crippen molar-refractivity contribution in [2.75, 3.05) is 6.54 Å². The summed E-state index contributed by atoms with van der Waals surface area (Å²) in [7, 11) is 0. The Bertz CT molecular complexity index is 736. The Balaban J connectivity index is 1.84. The van der Waals surface area contributed by atoms with Gasteiger partial charge in [0.25, 0.3) is 0 Å². The van der Waals surface area contributed by atoms with Gasteiger partial charge in [0, 0.05) is 11.2 Å². The average molecular weight is 303 g/mol. The lowest BCUT2D eigenvalue weighted by atomic mass is 9.86. The third-order valence-electron chi connectivity index (χ3n) is 4.33. The van der Waals surface area contributed by atoms with Crippen molar-refractivity contribution >= 4 is 33.3 Å². The van der Waals surface area contributed by atoms with Crippen LogP contribution in [0, 0.1) is 6.92 Å². The van der Waals surface area contributed by atoms with Crippen LogP contribution in [0.1, 0.15) is 24.5 Å². The first-order chi connectivity index (χ1) is 9.91. The molecule has 1 aromatic carbocycles. The molecule has 4 nitrogen and oxygen atoms in total. The number of thiophene rings is 1. The molecule has 0 radical (unpaired) electrons. The van der Waals surface area contributed by atoms with Gasteiger partial charge >= 0.3 is 5.97 Å². The molecule has 0 bridgehead atoms. The van der Waals surface area contributed by atoms with Crippen LogP contribution in [-0.4, -0.2) is 34.0 Å². The van der Waals surface area contributed by atoms with E-state index in [1.807, 2.05) is 12.3 Å². The van der Waals surface area contributed by atoms with Gasteiger partial charge in [0.2, 0.25) is 5.91 Å². The van der Waals surface area contributed by atoms with Gasteiger partial charge in [-0.1, -0.05) is 17.7 Å². The number of carboxylic acids is 1. The molecule has 1 amide bonds. The fraction of sp³-hybridized carbons (Fsp3) is 0.375. The minimum Gasteiger partial charge on any atom is -0.480 e. The van der Waals surface area contributed by atoms with Gasteiger partial charge in [-0.25, -0.2) is 4.79 Å². The van der Waals surface area contributed by atoms with Crippen molar-refractivity contribution in [2.24, 2.45) is 0 Å². The molecule has 0 aliphatic carbocycles. The highest BCUT2D eigenvalue weighted by Crippen LogP contribution is 2.33. The first-order valence-electron chi connectivity index (χ1n) is 6.92. The number of rotatable bonds is 3. The van der Waals surface area contributed by atoms with Crippen LogP contribution in [0.2, 0.25) is 0 Å². The number of fused-ring (bicyclic) bond motifs is 1. The lowest BCUT2D eigenvalue weighted by Crippen LogP contribution is -2.64. The van der Waals surface area contributed by atoms with E-state index in [1.165, 1.54) is 4.90 Å². The minimum atomic E-state index is -1.03. The Labute approximate surface area is 127 Å². The van der Waals surface area contributed by atoms with Crippen LogP contribution < -0.4 is 0 Å². The lowest BCUT2D eigenvalue weighted by Gasteiger charge is -2.47. The summed E-state index contributed by atoms with van der Waals surface area (Å²) in [5.74, 6) is -1.03. The standard InChI is InChI=1S/C16H17NO3S/c1-10-3-4-13-12(7-10)11(9-21-13)8-14(18)17-6-5-16(17,2)15(19)20/h3-4,7,9H,5-6,8H2,1-2H3,(H,19,20). The molecule has 1 aromatic heterocycles. The Hall–Kier alpha value is -1.88. The third kappa shape index (κ3) is 2.21. The summed E-state index contributed by atoms with van der Waals surface area (Å²) in [6.45, 7) is 4.18. The normalized spacial score (nSPS) is 21.3. The Morgan fingerprint density at radius 2 is 2.19 bits per heavy atom. The number of benzene rings is 1. The van der Waals surface area contributed by atoms with E-state index in [4.69, 9.17) is 0 Å². The van der Waals surface area contributed by atoms with Crippen molar-refractivity contribution in [1.29, 1.82) is 0 Å². The van der Waals surface area contributed by atoms with Crippen LogP contribution in [0.15, 0.2) is 23.6 Å². The molecule has 110 valence electrons. The summed E-state index contributed by atoms with van der Waals surface area (Å²) in [4.78, 5) is 25.2. The van der Waals surface area contributed by atoms with Crippen molar-refractivity contribution < 1.29 is 14.7 Å². The molecule has 21 heavy (non-hydrogen) atoms. The summed E-state index contributed by atoms with van der Waals surface area (Å²) in [5, 5.41) is 12.4. The summed E-state index contributed by atoms with van der Waals surface area (Å²) < 4.78 is 1.16. The number of carboxylic acid groups (broad SMARTS) is 1. The summed E-state index contributed by atoms with van der Waals surface area (Å²) in [6, 6.07) is 6.20. The van der Waals surface area contributed by atoms with Crippen molar-refractivity contribution in [3.8, 4) is 0 Å². The minimum absolute atomic E-state index is 0.104. The molecule has 3 rings (SSSR count). The molecule has 0 spiro atoms. The number of carbonyl (C=O) groups excluding carboxylic acids is 1. The molecule has 1 N–H and O–H groups in total. The van der Waals surface area contributed by atoms with E-state index in [0.29, 0.717) is 13.0 Å². The molecular formula is C16H17NO3S. The SMILES string of the molecule is Cc1ccc2scc(CC(=O)N3CCC3(C)C(=O)O)c2c1. The number of carbonyl (C=O) groups is 2. The van der Waals surface area contributed by atoms with Gasteiger partial charge in [-0.05, 0) is 42.7 Å². The maximum atomic E-state index is 12.4. The van der Waals surface area contributed by atoms with E-state index >= 15 is 0 Å². The van der Waals surface area contributed by atoms with Gasteiger partial charge in [-0.2, -0.15) is 0 Å². The van der Waals surface area contributed by atoms with Crippen LogP contribution in [0.4, 0.5) is 0 Å². The largest absolute Gasteiger partial charge is 0.480 e. The molecule has 1 unspecified atom stereocenters. The number of aryl methyl sites for hydroxylation is 1. The van der Waals surface area contributed by atoms with E-state index in [0.717, 1.165) is 21.2 Å². The first kappa shape index (κ1) is 14.1. The number of likely N-dealkylation sites (tertiary alicyclic amines) is 1. The van der Waals surface area contributed by atoms with E-state index in [-0.39, 0.29) is 12.3 Å². The fourth-order valence-electron chi connectivity index (χ4n) is 2.77. The monoisotopic (exact) mass is 303 g/mol. The Morgan fingerprint density at radius 1 is 1.43 bits per heavy atom. The maximum absolute atomic E-state index is 12.4. The fourth-order valence-corrected chi connectivity index (χ4v) is 3.72. The van der Waals surface area contributed by atoms with E-state index in [2.05, 4.69) is 18.2 Å². The van der Waals surface area contributed by atoms with Crippen molar-refractivity contribution in [3.05, 3.63) is 34.7 Å². The van der Waals surface area contributed by atoms with Crippen molar-refractivity contribution in [2.45, 2.75) is 32.2 Å². The zero-order valence-electron chi connectivity index (χ0n) is 12.0. The Morgan fingerprint density at radius 3 is 2.81 bits per heavy atom. The molecule has 1 aliphatic heterocycles. The number of amides is 1. The maximum Gasteiger partial charge on any atom is 0.329 e.